The highest BCUT2D eigenvalue weighted by Crippen LogP contribution is 2.00. The summed E-state index contributed by atoms with van der Waals surface area (Å²) in [6.07, 6.45) is 0.523. The minimum Gasteiger partial charge on any atom is -0.393 e. The highest BCUT2D eigenvalue weighted by atomic mass is 32.1. The van der Waals surface area contributed by atoms with Crippen molar-refractivity contribution in [3.8, 4) is 0 Å². The van der Waals surface area contributed by atoms with Crippen LogP contribution < -0.4 is 16.8 Å². The first-order chi connectivity index (χ1) is 6.82. The van der Waals surface area contributed by atoms with Gasteiger partial charge in [0.25, 0.3) is 0 Å². The summed E-state index contributed by atoms with van der Waals surface area (Å²) in [7, 11) is 1.74. The van der Waals surface area contributed by atoms with Crippen LogP contribution in [0, 0.1) is 0 Å². The van der Waals surface area contributed by atoms with Gasteiger partial charge < -0.3 is 11.5 Å². The van der Waals surface area contributed by atoms with Crippen molar-refractivity contribution in [1.29, 1.82) is 0 Å². The fourth-order valence-corrected chi connectivity index (χ4v) is 1.25. The van der Waals surface area contributed by atoms with Crippen molar-refractivity contribution in [2.75, 3.05) is 13.6 Å². The van der Waals surface area contributed by atoms with Gasteiger partial charge in [-0.05, 0) is 14.0 Å². The molecule has 0 rings (SSSR count). The largest absolute Gasteiger partial charge is 0.393 e. The van der Waals surface area contributed by atoms with E-state index in [1.165, 1.54) is 0 Å². The summed E-state index contributed by atoms with van der Waals surface area (Å²) in [6, 6.07) is -0.809. The number of urea groups is 1. The van der Waals surface area contributed by atoms with E-state index in [2.05, 4.69) is 0 Å². The molecule has 86 valence electrons. The number of nitrogens with one attached hydrogen (secondary N) is 1. The van der Waals surface area contributed by atoms with Crippen molar-refractivity contribution in [3.63, 3.8) is 0 Å². The van der Waals surface area contributed by atoms with Crippen LogP contribution in [0.15, 0.2) is 0 Å². The zero-order valence-corrected chi connectivity index (χ0v) is 9.63. The third kappa shape index (κ3) is 6.81. The quantitative estimate of drug-likeness (QED) is 0.537. The molecule has 0 aliphatic rings. The van der Waals surface area contributed by atoms with E-state index in [0.29, 0.717) is 11.4 Å². The summed E-state index contributed by atoms with van der Waals surface area (Å²) in [5.74, 6) is -0.445. The Morgan fingerprint density at radius 2 is 2.00 bits per heavy atom. The first-order valence-electron chi connectivity index (χ1n) is 4.40. The molecular formula is C8H16N4O2S. The molecule has 0 aliphatic heterocycles. The molecule has 0 spiro atoms. The molecule has 3 amide bonds. The van der Waals surface area contributed by atoms with Gasteiger partial charge in [-0.15, -0.1) is 0 Å². The Morgan fingerprint density at radius 3 is 2.40 bits per heavy atom. The molecule has 6 nitrogen and oxygen atoms in total. The van der Waals surface area contributed by atoms with Crippen LogP contribution in [0.3, 0.4) is 0 Å². The zero-order valence-electron chi connectivity index (χ0n) is 8.82. The summed E-state index contributed by atoms with van der Waals surface area (Å²) in [5, 5.41) is 1.98. The Labute approximate surface area is 94.0 Å². The fraction of sp³-hybridized carbons (Fsp3) is 0.625. The molecule has 15 heavy (non-hydrogen) atoms. The topological polar surface area (TPSA) is 101 Å². The van der Waals surface area contributed by atoms with E-state index in [1.807, 2.05) is 12.2 Å². The molecule has 0 fully saturated rings. The van der Waals surface area contributed by atoms with E-state index in [9.17, 15) is 9.59 Å². The van der Waals surface area contributed by atoms with Gasteiger partial charge >= 0.3 is 6.03 Å². The van der Waals surface area contributed by atoms with Crippen LogP contribution in [0.1, 0.15) is 13.3 Å². The lowest BCUT2D eigenvalue weighted by molar-refractivity contribution is -0.121. The second-order valence-electron chi connectivity index (χ2n) is 3.35. The SMILES string of the molecule is CC(CC(N)=S)N(C)CC(=O)NC(N)=O. The third-order valence-electron chi connectivity index (χ3n) is 1.90. The van der Waals surface area contributed by atoms with Gasteiger partial charge in [0.15, 0.2) is 0 Å². The van der Waals surface area contributed by atoms with Gasteiger partial charge in [0.2, 0.25) is 5.91 Å². The van der Waals surface area contributed by atoms with Gasteiger partial charge in [-0.1, -0.05) is 12.2 Å². The molecule has 0 radical (unpaired) electrons. The number of hydrogen-bond acceptors (Lipinski definition) is 4. The highest BCUT2D eigenvalue weighted by molar-refractivity contribution is 7.80. The molecule has 7 heteroatoms. The monoisotopic (exact) mass is 232 g/mol. The number of carbonyl (C=O) groups is 2. The van der Waals surface area contributed by atoms with Crippen LogP contribution in [0.25, 0.3) is 0 Å². The Bertz CT molecular complexity index is 269. The number of imide groups is 1. The number of hydrogen-bond donors (Lipinski definition) is 3. The number of rotatable bonds is 5. The first-order valence-corrected chi connectivity index (χ1v) is 4.81. The summed E-state index contributed by atoms with van der Waals surface area (Å²) in [6.45, 7) is 1.96. The molecule has 0 aromatic carbocycles. The van der Waals surface area contributed by atoms with Crippen molar-refractivity contribution in [1.82, 2.24) is 10.2 Å². The van der Waals surface area contributed by atoms with Gasteiger partial charge in [0, 0.05) is 12.5 Å². The molecule has 1 atom stereocenters. The molecule has 0 aromatic rings. The lowest BCUT2D eigenvalue weighted by Gasteiger charge is -2.23. The smallest absolute Gasteiger partial charge is 0.318 e. The summed E-state index contributed by atoms with van der Waals surface area (Å²) >= 11 is 4.75. The van der Waals surface area contributed by atoms with E-state index in [1.54, 1.807) is 11.9 Å². The minimum absolute atomic E-state index is 0.0427. The van der Waals surface area contributed by atoms with E-state index >= 15 is 0 Å². The van der Waals surface area contributed by atoms with Gasteiger partial charge in [-0.25, -0.2) is 4.79 Å². The van der Waals surface area contributed by atoms with Crippen molar-refractivity contribution < 1.29 is 9.59 Å². The Morgan fingerprint density at radius 1 is 1.47 bits per heavy atom. The van der Waals surface area contributed by atoms with Gasteiger partial charge in [0.1, 0.15) is 0 Å². The van der Waals surface area contributed by atoms with Crippen molar-refractivity contribution >= 4 is 29.1 Å². The summed E-state index contributed by atoms with van der Waals surface area (Å²) in [4.78, 5) is 23.6. The second kappa shape index (κ2) is 6.31. The number of amides is 3. The molecule has 0 heterocycles. The number of nitrogens with two attached hydrogens (primary N) is 2. The predicted molar refractivity (Wildman–Crippen MR) is 61.2 cm³/mol. The molecule has 0 saturated heterocycles. The normalized spacial score (nSPS) is 12.2. The molecule has 0 saturated carbocycles. The van der Waals surface area contributed by atoms with Crippen LogP contribution in [-0.2, 0) is 4.79 Å². The first kappa shape index (κ1) is 13.8. The maximum absolute atomic E-state index is 11.1. The van der Waals surface area contributed by atoms with Crippen LogP contribution in [0.5, 0.6) is 0 Å². The molecule has 0 aliphatic carbocycles. The fourth-order valence-electron chi connectivity index (χ4n) is 1.01. The summed E-state index contributed by atoms with van der Waals surface area (Å²) in [5.41, 5.74) is 10.2. The van der Waals surface area contributed by atoms with Crippen molar-refractivity contribution in [3.05, 3.63) is 0 Å². The average Bonchev–Trinajstić information content (AvgIpc) is 2.00. The van der Waals surface area contributed by atoms with E-state index < -0.39 is 11.9 Å². The third-order valence-corrected chi connectivity index (χ3v) is 2.07. The maximum atomic E-state index is 11.1. The van der Waals surface area contributed by atoms with Gasteiger partial charge in [-0.2, -0.15) is 0 Å². The van der Waals surface area contributed by atoms with Gasteiger partial charge in [-0.3, -0.25) is 15.0 Å². The Balaban J connectivity index is 4.00. The Hall–Kier alpha value is -1.21. The Kier molecular flexibility index (Phi) is 5.80. The average molecular weight is 232 g/mol. The summed E-state index contributed by atoms with van der Waals surface area (Å²) < 4.78 is 0. The molecule has 5 N–H and O–H groups in total. The van der Waals surface area contributed by atoms with Crippen molar-refractivity contribution in [2.24, 2.45) is 11.5 Å². The van der Waals surface area contributed by atoms with E-state index in [-0.39, 0.29) is 12.6 Å². The van der Waals surface area contributed by atoms with Crippen molar-refractivity contribution in [2.45, 2.75) is 19.4 Å². The maximum Gasteiger partial charge on any atom is 0.318 e. The molecular weight excluding hydrogens is 216 g/mol. The zero-order chi connectivity index (χ0) is 12.0. The number of likely N-dealkylation sites (N-methyl/N-ethyl adjacent to an activating group) is 1. The van der Waals surface area contributed by atoms with Crippen LogP contribution in [0.2, 0.25) is 0 Å². The van der Waals surface area contributed by atoms with E-state index in [0.717, 1.165) is 0 Å². The van der Waals surface area contributed by atoms with Gasteiger partial charge in [0.05, 0.1) is 11.5 Å². The number of thiocarbonyl (C=S) groups is 1. The molecule has 0 bridgehead atoms. The number of nitrogens with zero attached hydrogens (tertiary/aromatic N) is 1. The van der Waals surface area contributed by atoms with Crippen LogP contribution in [0.4, 0.5) is 4.79 Å². The van der Waals surface area contributed by atoms with E-state index in [4.69, 9.17) is 23.7 Å². The van der Waals surface area contributed by atoms with Crippen LogP contribution in [-0.4, -0.2) is 41.5 Å². The number of carbonyl (C=O) groups excluding carboxylic acids is 2. The molecule has 1 unspecified atom stereocenters. The second-order valence-corrected chi connectivity index (χ2v) is 3.87. The highest BCUT2D eigenvalue weighted by Gasteiger charge is 2.14. The predicted octanol–water partition coefficient (Wildman–Crippen LogP) is -0.822. The minimum atomic E-state index is -0.851. The standard InChI is InChI=1S/C8H16N4O2S/c1-5(3-6(9)15)12(2)4-7(13)11-8(10)14/h5H,3-4H2,1-2H3,(H2,9,15)(H3,10,11,13,14). The molecule has 0 aromatic heterocycles. The number of primary amides is 1. The van der Waals surface area contributed by atoms with Crippen LogP contribution >= 0.6 is 12.2 Å². The lowest BCUT2D eigenvalue weighted by Crippen LogP contribution is -2.44. The lowest BCUT2D eigenvalue weighted by atomic mass is 10.2.